The van der Waals surface area contributed by atoms with E-state index in [0.717, 1.165) is 57.7 Å². The van der Waals surface area contributed by atoms with Gasteiger partial charge in [0.1, 0.15) is 0 Å². The molecular formula is C25H30F3N3O. The van der Waals surface area contributed by atoms with Crippen LogP contribution in [0.2, 0.25) is 0 Å². The normalized spacial score (nSPS) is 26.2. The zero-order valence-corrected chi connectivity index (χ0v) is 18.1. The molecule has 0 radical (unpaired) electrons. The third-order valence-electron chi connectivity index (χ3n) is 7.27. The minimum absolute atomic E-state index is 0.0307. The average Bonchev–Trinajstić information content (AvgIpc) is 3.12. The molecule has 1 N–H and O–H groups in total. The monoisotopic (exact) mass is 445 g/mol. The van der Waals surface area contributed by atoms with Crippen molar-refractivity contribution in [2.75, 3.05) is 39.3 Å². The number of alkyl halides is 3. The van der Waals surface area contributed by atoms with Crippen molar-refractivity contribution in [2.24, 2.45) is 0 Å². The molecule has 5 rings (SSSR count). The fourth-order valence-corrected chi connectivity index (χ4v) is 5.85. The summed E-state index contributed by atoms with van der Waals surface area (Å²) in [5, 5.41) is 10.3. The molecule has 2 unspecified atom stereocenters. The first kappa shape index (κ1) is 21.9. The zero-order chi connectivity index (χ0) is 22.3. The van der Waals surface area contributed by atoms with Crippen molar-refractivity contribution >= 4 is 0 Å². The summed E-state index contributed by atoms with van der Waals surface area (Å²) < 4.78 is 38.5. The van der Waals surface area contributed by atoms with E-state index in [1.54, 1.807) is 12.1 Å². The van der Waals surface area contributed by atoms with E-state index in [-0.39, 0.29) is 11.6 Å². The zero-order valence-electron chi connectivity index (χ0n) is 18.1. The number of rotatable bonds is 5. The fraction of sp³-hybridized carbons (Fsp3) is 0.520. The highest BCUT2D eigenvalue weighted by molar-refractivity contribution is 5.25. The number of benzene rings is 2. The number of nitrogens with zero attached hydrogens (tertiary/aromatic N) is 3. The summed E-state index contributed by atoms with van der Waals surface area (Å²) >= 11 is 0. The largest absolute Gasteiger partial charge is 0.416 e. The smallest absolute Gasteiger partial charge is 0.392 e. The van der Waals surface area contributed by atoms with E-state index in [2.05, 4.69) is 39.0 Å². The molecule has 4 nitrogen and oxygen atoms in total. The van der Waals surface area contributed by atoms with Crippen molar-refractivity contribution in [3.63, 3.8) is 0 Å². The van der Waals surface area contributed by atoms with Gasteiger partial charge in [0.15, 0.2) is 0 Å². The molecule has 0 aliphatic carbocycles. The van der Waals surface area contributed by atoms with Gasteiger partial charge in [-0.2, -0.15) is 13.2 Å². The van der Waals surface area contributed by atoms with E-state index in [1.165, 1.54) is 17.7 Å². The van der Waals surface area contributed by atoms with E-state index in [9.17, 15) is 18.3 Å². The summed E-state index contributed by atoms with van der Waals surface area (Å²) in [6, 6.07) is 16.4. The molecule has 2 atom stereocenters. The first-order valence-corrected chi connectivity index (χ1v) is 11.4. The minimum atomic E-state index is -4.30. The van der Waals surface area contributed by atoms with Crippen LogP contribution >= 0.6 is 0 Å². The van der Waals surface area contributed by atoms with Gasteiger partial charge in [0.25, 0.3) is 0 Å². The van der Waals surface area contributed by atoms with Crippen molar-refractivity contribution in [3.05, 3.63) is 71.3 Å². The van der Waals surface area contributed by atoms with E-state index >= 15 is 0 Å². The van der Waals surface area contributed by atoms with Crippen LogP contribution in [0.1, 0.15) is 23.1 Å². The summed E-state index contributed by atoms with van der Waals surface area (Å²) in [5.41, 5.74) is 1.68. The van der Waals surface area contributed by atoms with Gasteiger partial charge < -0.3 is 5.11 Å². The van der Waals surface area contributed by atoms with E-state index in [0.29, 0.717) is 12.6 Å². The highest BCUT2D eigenvalue weighted by Gasteiger charge is 2.55. The van der Waals surface area contributed by atoms with Crippen LogP contribution in [0.4, 0.5) is 13.2 Å². The Morgan fingerprint density at radius 1 is 0.875 bits per heavy atom. The molecular weight excluding hydrogens is 415 g/mol. The van der Waals surface area contributed by atoms with Gasteiger partial charge in [-0.05, 0) is 36.1 Å². The van der Waals surface area contributed by atoms with Gasteiger partial charge in [0, 0.05) is 51.9 Å². The fourth-order valence-electron chi connectivity index (χ4n) is 5.85. The van der Waals surface area contributed by atoms with Crippen LogP contribution in [0.3, 0.4) is 0 Å². The number of halogens is 3. The third kappa shape index (κ3) is 4.44. The minimum Gasteiger partial charge on any atom is -0.392 e. The number of piperazine rings is 1. The van der Waals surface area contributed by atoms with Gasteiger partial charge in [-0.15, -0.1) is 0 Å². The van der Waals surface area contributed by atoms with Crippen LogP contribution < -0.4 is 0 Å². The maximum Gasteiger partial charge on any atom is 0.416 e. The van der Waals surface area contributed by atoms with Crippen molar-refractivity contribution in [1.82, 2.24) is 14.7 Å². The molecule has 0 aromatic heterocycles. The lowest BCUT2D eigenvalue weighted by Gasteiger charge is -2.61. The van der Waals surface area contributed by atoms with Crippen LogP contribution in [0, 0.1) is 0 Å². The Balaban J connectivity index is 1.22. The molecule has 3 aliphatic heterocycles. The predicted octanol–water partition coefficient (Wildman–Crippen LogP) is 3.25. The summed E-state index contributed by atoms with van der Waals surface area (Å²) in [6.07, 6.45) is -2.73. The predicted molar refractivity (Wildman–Crippen MR) is 117 cm³/mol. The molecule has 3 heterocycles. The SMILES string of the molecule is OC1CC2CN(CCc3ccccc3)CC3(CN(Cc4ccc(C(F)(F)F)cc4)C3)N2C1. The molecule has 172 valence electrons. The Labute approximate surface area is 187 Å². The Hall–Kier alpha value is -1.93. The van der Waals surface area contributed by atoms with Crippen LogP contribution in [0.15, 0.2) is 54.6 Å². The number of hydrogen-bond donors (Lipinski definition) is 1. The molecule has 0 bridgehead atoms. The maximum atomic E-state index is 12.8. The van der Waals surface area contributed by atoms with Crippen LogP contribution in [-0.4, -0.2) is 76.8 Å². The molecule has 3 aliphatic rings. The van der Waals surface area contributed by atoms with Gasteiger partial charge in [-0.3, -0.25) is 14.7 Å². The van der Waals surface area contributed by atoms with Gasteiger partial charge in [0.05, 0.1) is 17.2 Å². The van der Waals surface area contributed by atoms with Gasteiger partial charge in [0.2, 0.25) is 0 Å². The van der Waals surface area contributed by atoms with E-state index in [1.807, 2.05) is 6.07 Å². The molecule has 2 aromatic rings. The molecule has 2 aromatic carbocycles. The van der Waals surface area contributed by atoms with E-state index < -0.39 is 11.7 Å². The van der Waals surface area contributed by atoms with Gasteiger partial charge in [-0.25, -0.2) is 0 Å². The molecule has 1 spiro atoms. The topological polar surface area (TPSA) is 30.0 Å². The van der Waals surface area contributed by atoms with Crippen molar-refractivity contribution in [1.29, 1.82) is 0 Å². The molecule has 3 saturated heterocycles. The summed E-state index contributed by atoms with van der Waals surface area (Å²) in [4.78, 5) is 7.37. The number of likely N-dealkylation sites (tertiary alicyclic amines) is 1. The number of hydrogen-bond acceptors (Lipinski definition) is 4. The Morgan fingerprint density at radius 3 is 2.25 bits per heavy atom. The lowest BCUT2D eigenvalue weighted by atomic mass is 9.83. The summed E-state index contributed by atoms with van der Waals surface area (Å²) in [7, 11) is 0. The van der Waals surface area contributed by atoms with Crippen LogP contribution in [-0.2, 0) is 19.1 Å². The first-order valence-electron chi connectivity index (χ1n) is 11.4. The number of fused-ring (bicyclic) bond motifs is 2. The van der Waals surface area contributed by atoms with Crippen molar-refractivity contribution < 1.29 is 18.3 Å². The highest BCUT2D eigenvalue weighted by Crippen LogP contribution is 2.39. The van der Waals surface area contributed by atoms with Gasteiger partial charge >= 0.3 is 6.18 Å². The van der Waals surface area contributed by atoms with Gasteiger partial charge in [-0.1, -0.05) is 42.5 Å². The lowest BCUT2D eigenvalue weighted by molar-refractivity contribution is -0.137. The second kappa shape index (κ2) is 8.45. The van der Waals surface area contributed by atoms with Crippen molar-refractivity contribution in [2.45, 2.75) is 43.2 Å². The highest BCUT2D eigenvalue weighted by atomic mass is 19.4. The van der Waals surface area contributed by atoms with E-state index in [4.69, 9.17) is 0 Å². The Kier molecular flexibility index (Phi) is 5.78. The number of β-amino-alcohol motifs (C(OH)–C–C–N with tert-alkyl or cyclic N) is 1. The molecule has 32 heavy (non-hydrogen) atoms. The van der Waals surface area contributed by atoms with Crippen LogP contribution in [0.25, 0.3) is 0 Å². The average molecular weight is 446 g/mol. The number of aliphatic hydroxyl groups excluding tert-OH is 1. The molecule has 0 amide bonds. The lowest BCUT2D eigenvalue weighted by Crippen LogP contribution is -2.77. The summed E-state index contributed by atoms with van der Waals surface area (Å²) in [6.45, 7) is 6.14. The molecule has 0 saturated carbocycles. The second-order valence-corrected chi connectivity index (χ2v) is 9.73. The molecule has 7 heteroatoms. The molecule has 3 fully saturated rings. The second-order valence-electron chi connectivity index (χ2n) is 9.73. The Bertz CT molecular complexity index is 912. The quantitative estimate of drug-likeness (QED) is 0.766. The van der Waals surface area contributed by atoms with Crippen LogP contribution in [0.5, 0.6) is 0 Å². The first-order chi connectivity index (χ1) is 15.3. The maximum absolute atomic E-state index is 12.8. The van der Waals surface area contributed by atoms with Crippen molar-refractivity contribution in [3.8, 4) is 0 Å². The Morgan fingerprint density at radius 2 is 1.56 bits per heavy atom. The third-order valence-corrected chi connectivity index (χ3v) is 7.27. The standard InChI is InChI=1S/C25H30F3N3O/c26-25(27,28)21-8-6-20(7-9-21)13-30-17-24(18-30)16-29(11-10-19-4-2-1-3-5-19)14-22-12-23(32)15-31(22)24/h1-9,22-23,32H,10-18H2. The number of aliphatic hydroxyl groups is 1. The summed E-state index contributed by atoms with van der Waals surface area (Å²) in [5.74, 6) is 0.